The van der Waals surface area contributed by atoms with Crippen LogP contribution in [0.25, 0.3) is 5.57 Å². The molecule has 1 aromatic rings. The Morgan fingerprint density at radius 2 is 1.92 bits per heavy atom. The molecule has 2 aliphatic carbocycles. The maximum Gasteiger partial charge on any atom is 0.251 e. The van der Waals surface area contributed by atoms with Crippen LogP contribution in [0.15, 0.2) is 40.9 Å². The molecule has 1 amide bonds. The Balaban J connectivity index is 1.38. The second-order valence-corrected chi connectivity index (χ2v) is 10.4. The number of nitrogens with one attached hydrogen (secondary N) is 5. The van der Waals surface area contributed by atoms with Gasteiger partial charge >= 0.3 is 0 Å². The van der Waals surface area contributed by atoms with Gasteiger partial charge in [0.25, 0.3) is 5.91 Å². The minimum Gasteiger partial charge on any atom is -0.381 e. The summed E-state index contributed by atoms with van der Waals surface area (Å²) < 4.78 is 5.50. The van der Waals surface area contributed by atoms with Crippen LogP contribution < -0.4 is 21.3 Å². The smallest absolute Gasteiger partial charge is 0.251 e. The predicted octanol–water partition coefficient (Wildman–Crippen LogP) is 3.60. The van der Waals surface area contributed by atoms with Crippen LogP contribution in [0.5, 0.6) is 0 Å². The number of allylic oxidation sites excluding steroid dienone is 1. The molecule has 2 aliphatic heterocycles. The van der Waals surface area contributed by atoms with E-state index >= 15 is 0 Å². The number of carbonyl (C=O) groups is 1. The van der Waals surface area contributed by atoms with Crippen LogP contribution in [0.2, 0.25) is 0 Å². The Kier molecular flexibility index (Phi) is 7.70. The van der Waals surface area contributed by atoms with Crippen molar-refractivity contribution >= 4 is 23.5 Å². The molecule has 0 unspecified atom stereocenters. The number of aryl methyl sites for hydroxylation is 1. The van der Waals surface area contributed by atoms with Crippen LogP contribution >= 0.6 is 0 Å². The molecule has 5 N–H and O–H groups in total. The molecule has 0 aromatic heterocycles. The number of carbonyl (C=O) groups excluding carboxylic acids is 1. The van der Waals surface area contributed by atoms with Gasteiger partial charge in [-0.15, -0.1) is 0 Å². The molecule has 2 saturated carbocycles. The van der Waals surface area contributed by atoms with Gasteiger partial charge in [-0.3, -0.25) is 4.79 Å². The van der Waals surface area contributed by atoms with Gasteiger partial charge in [0, 0.05) is 55.3 Å². The summed E-state index contributed by atoms with van der Waals surface area (Å²) in [6, 6.07) is 6.50. The van der Waals surface area contributed by atoms with Crippen LogP contribution in [-0.4, -0.2) is 49.8 Å². The van der Waals surface area contributed by atoms with Gasteiger partial charge in [0.05, 0.1) is 0 Å². The number of aliphatic imine (C=N–C) groups is 1. The monoisotopic (exact) mass is 490 g/mol. The van der Waals surface area contributed by atoms with E-state index in [1.807, 2.05) is 31.2 Å². The van der Waals surface area contributed by atoms with E-state index in [0.717, 1.165) is 81.1 Å². The van der Waals surface area contributed by atoms with Gasteiger partial charge in [0.1, 0.15) is 17.5 Å². The molecular weight excluding hydrogens is 452 g/mol. The van der Waals surface area contributed by atoms with Crippen molar-refractivity contribution in [1.29, 1.82) is 5.41 Å². The molecule has 36 heavy (non-hydrogen) atoms. The lowest BCUT2D eigenvalue weighted by Crippen LogP contribution is -2.39. The second-order valence-electron chi connectivity index (χ2n) is 10.4. The van der Waals surface area contributed by atoms with Crippen molar-refractivity contribution < 1.29 is 9.53 Å². The number of rotatable bonds is 8. The third-order valence-corrected chi connectivity index (χ3v) is 7.49. The van der Waals surface area contributed by atoms with E-state index in [0.29, 0.717) is 35.0 Å². The summed E-state index contributed by atoms with van der Waals surface area (Å²) in [7, 11) is 0. The van der Waals surface area contributed by atoms with Gasteiger partial charge in [-0.2, -0.15) is 0 Å². The molecule has 0 bridgehead atoms. The fraction of sp³-hybridized carbons (Fsp3) is 0.536. The molecule has 192 valence electrons. The summed E-state index contributed by atoms with van der Waals surface area (Å²) in [6.07, 6.45) is 12.4. The molecule has 1 aromatic carbocycles. The van der Waals surface area contributed by atoms with Crippen LogP contribution in [0, 0.1) is 18.3 Å². The summed E-state index contributed by atoms with van der Waals surface area (Å²) in [6.45, 7) is 4.47. The Labute approximate surface area is 213 Å². The number of hydrogen-bond acceptors (Lipinski definition) is 7. The maximum atomic E-state index is 12.6. The highest BCUT2D eigenvalue weighted by Crippen LogP contribution is 2.25. The fourth-order valence-corrected chi connectivity index (χ4v) is 5.13. The summed E-state index contributed by atoms with van der Waals surface area (Å²) in [5.74, 6) is 2.91. The molecule has 8 nitrogen and oxygen atoms in total. The van der Waals surface area contributed by atoms with Crippen molar-refractivity contribution in [3.05, 3.63) is 52.6 Å². The van der Waals surface area contributed by atoms with Gasteiger partial charge in [-0.25, -0.2) is 4.99 Å². The Bertz CT molecular complexity index is 1080. The highest BCUT2D eigenvalue weighted by atomic mass is 16.5. The molecular formula is C28H38N6O2. The van der Waals surface area contributed by atoms with Crippen LogP contribution in [0.1, 0.15) is 72.9 Å². The average molecular weight is 491 g/mol. The number of amidine groups is 1. The molecule has 8 heteroatoms. The predicted molar refractivity (Wildman–Crippen MR) is 143 cm³/mol. The normalized spacial score (nSPS) is 22.2. The largest absolute Gasteiger partial charge is 0.381 e. The highest BCUT2D eigenvalue weighted by molar-refractivity contribution is 6.11. The Morgan fingerprint density at radius 3 is 2.61 bits per heavy atom. The third kappa shape index (κ3) is 6.16. The second kappa shape index (κ2) is 11.3. The topological polar surface area (TPSA) is 111 Å². The number of ether oxygens (including phenoxy) is 1. The molecule has 4 aliphatic rings. The third-order valence-electron chi connectivity index (χ3n) is 7.49. The van der Waals surface area contributed by atoms with E-state index < -0.39 is 0 Å². The number of hydrogen-bond donors (Lipinski definition) is 5. The summed E-state index contributed by atoms with van der Waals surface area (Å²) >= 11 is 0. The van der Waals surface area contributed by atoms with Crippen molar-refractivity contribution in [3.8, 4) is 0 Å². The average Bonchev–Trinajstić information content (AvgIpc) is 3.55. The summed E-state index contributed by atoms with van der Waals surface area (Å²) in [4.78, 5) is 17.5. The van der Waals surface area contributed by atoms with Crippen LogP contribution in [0.3, 0.4) is 0 Å². The first-order valence-corrected chi connectivity index (χ1v) is 13.4. The number of benzene rings is 1. The van der Waals surface area contributed by atoms with E-state index in [1.165, 1.54) is 19.1 Å². The molecule has 1 saturated heterocycles. The Morgan fingerprint density at radius 1 is 1.14 bits per heavy atom. The summed E-state index contributed by atoms with van der Waals surface area (Å²) in [5, 5.41) is 21.9. The van der Waals surface area contributed by atoms with Gasteiger partial charge in [-0.1, -0.05) is 25.0 Å². The molecule has 0 spiro atoms. The fourth-order valence-electron chi connectivity index (χ4n) is 5.13. The van der Waals surface area contributed by atoms with Crippen molar-refractivity contribution in [2.45, 2.75) is 70.4 Å². The summed E-state index contributed by atoms with van der Waals surface area (Å²) in [5.41, 5.74) is 3.13. The minimum absolute atomic E-state index is 0.0231. The number of amides is 1. The van der Waals surface area contributed by atoms with Gasteiger partial charge in [-0.05, 0) is 68.6 Å². The lowest BCUT2D eigenvalue weighted by molar-refractivity contribution is 0.0669. The van der Waals surface area contributed by atoms with Crippen LogP contribution in [0.4, 0.5) is 0 Å². The van der Waals surface area contributed by atoms with Crippen molar-refractivity contribution in [3.63, 3.8) is 0 Å². The first-order chi connectivity index (χ1) is 17.6. The number of nitrogens with zero attached hydrogens (tertiary/aromatic N) is 1. The Hall–Kier alpha value is -3.13. The highest BCUT2D eigenvalue weighted by Gasteiger charge is 2.25. The zero-order valence-corrected chi connectivity index (χ0v) is 21.2. The lowest BCUT2D eigenvalue weighted by atomic mass is 9.99. The maximum absolute atomic E-state index is 12.6. The van der Waals surface area contributed by atoms with E-state index in [2.05, 4.69) is 21.3 Å². The van der Waals surface area contributed by atoms with Crippen molar-refractivity contribution in [2.75, 3.05) is 19.8 Å². The van der Waals surface area contributed by atoms with Crippen LogP contribution in [-0.2, 0) is 4.74 Å². The standard InChI is InChI=1S/C28H38N6O2/c1-18-14-20(6-9-23(18)28(35)32-22-7-8-22)24(16-29)27-33-25(30-17-19-10-12-36-13-11-19)15-26(34-27)31-21-4-2-3-5-21/h6,9,14-16,19,21-22,29-30,33H,2-5,7-8,10-13,17H2,1H3,(H,31,34)(H,32,35)/b27-24-,29-16?. The first-order valence-electron chi connectivity index (χ1n) is 13.4. The molecule has 3 fully saturated rings. The van der Waals surface area contributed by atoms with Gasteiger partial charge < -0.3 is 31.4 Å². The van der Waals surface area contributed by atoms with E-state index in [1.54, 1.807) is 0 Å². The van der Waals surface area contributed by atoms with Crippen molar-refractivity contribution in [1.82, 2.24) is 21.3 Å². The van der Waals surface area contributed by atoms with Gasteiger partial charge in [0.2, 0.25) is 0 Å². The van der Waals surface area contributed by atoms with E-state index in [9.17, 15) is 4.79 Å². The first kappa shape index (κ1) is 24.6. The zero-order chi connectivity index (χ0) is 24.9. The van der Waals surface area contributed by atoms with E-state index in [-0.39, 0.29) is 5.91 Å². The SMILES string of the molecule is Cc1cc(/C(C=N)=C2\N=C(NC3CCCC3)C=C(NCC3CCOCC3)N2)ccc1C(=O)NC1CC1. The molecule has 0 atom stereocenters. The van der Waals surface area contributed by atoms with Crippen molar-refractivity contribution in [2.24, 2.45) is 10.9 Å². The molecule has 5 rings (SSSR count). The zero-order valence-electron chi connectivity index (χ0n) is 21.2. The van der Waals surface area contributed by atoms with E-state index in [4.69, 9.17) is 15.1 Å². The lowest BCUT2D eigenvalue weighted by Gasteiger charge is -2.26. The molecule has 2 heterocycles. The quantitative estimate of drug-likeness (QED) is 0.358. The van der Waals surface area contributed by atoms with Gasteiger partial charge in [0.15, 0.2) is 0 Å². The molecule has 0 radical (unpaired) electrons. The minimum atomic E-state index is -0.0231.